The van der Waals surface area contributed by atoms with Crippen molar-refractivity contribution in [2.24, 2.45) is 0 Å². The van der Waals surface area contributed by atoms with Crippen molar-refractivity contribution in [3.05, 3.63) is 78.3 Å². The highest BCUT2D eigenvalue weighted by Crippen LogP contribution is 2.20. The van der Waals surface area contributed by atoms with E-state index in [9.17, 15) is 18.0 Å². The van der Waals surface area contributed by atoms with Gasteiger partial charge in [0, 0.05) is 0 Å². The van der Waals surface area contributed by atoms with Gasteiger partial charge in [-0.15, -0.1) is 0 Å². The molecule has 0 amide bonds. The van der Waals surface area contributed by atoms with E-state index in [1.807, 2.05) is 0 Å². The number of halogens is 3. The predicted molar refractivity (Wildman–Crippen MR) is 78.9 cm³/mol. The lowest BCUT2D eigenvalue weighted by Gasteiger charge is -2.06. The van der Waals surface area contributed by atoms with E-state index in [-0.39, 0.29) is 11.3 Å². The molecule has 2 aromatic carbocycles. The van der Waals surface area contributed by atoms with E-state index in [0.717, 1.165) is 5.56 Å². The standard InChI is InChI=1S/C17H11F3O3/c1-2-11-3-7-14(8-4-11)23-17(21)12-5-9-13(10-6-12)22-16(20)15(18)19/h2-10H,1H2. The number of ether oxygens (including phenoxy) is 2. The van der Waals surface area contributed by atoms with Gasteiger partial charge in [0.1, 0.15) is 11.5 Å². The lowest BCUT2D eigenvalue weighted by atomic mass is 10.2. The van der Waals surface area contributed by atoms with Crippen molar-refractivity contribution in [3.8, 4) is 11.5 Å². The summed E-state index contributed by atoms with van der Waals surface area (Å²) in [6.45, 7) is 3.61. The molecule has 23 heavy (non-hydrogen) atoms. The summed E-state index contributed by atoms with van der Waals surface area (Å²) in [6.07, 6.45) is -0.908. The first-order valence-corrected chi connectivity index (χ1v) is 6.43. The summed E-state index contributed by atoms with van der Waals surface area (Å²) >= 11 is 0. The van der Waals surface area contributed by atoms with Crippen LogP contribution in [0.1, 0.15) is 15.9 Å². The molecule has 2 rings (SSSR count). The van der Waals surface area contributed by atoms with Gasteiger partial charge < -0.3 is 9.47 Å². The van der Waals surface area contributed by atoms with E-state index >= 15 is 0 Å². The minimum Gasteiger partial charge on any atom is -0.428 e. The zero-order chi connectivity index (χ0) is 16.8. The second-order valence-corrected chi connectivity index (χ2v) is 4.32. The molecule has 0 spiro atoms. The van der Waals surface area contributed by atoms with Crippen LogP contribution in [0.5, 0.6) is 11.5 Å². The highest BCUT2D eigenvalue weighted by molar-refractivity contribution is 5.91. The Kier molecular flexibility index (Phi) is 5.19. The van der Waals surface area contributed by atoms with Crippen LogP contribution in [0.25, 0.3) is 6.08 Å². The first kappa shape index (κ1) is 16.4. The van der Waals surface area contributed by atoms with E-state index in [1.165, 1.54) is 24.3 Å². The zero-order valence-electron chi connectivity index (χ0n) is 11.8. The van der Waals surface area contributed by atoms with Gasteiger partial charge in [0.2, 0.25) is 0 Å². The van der Waals surface area contributed by atoms with Crippen LogP contribution >= 0.6 is 0 Å². The molecule has 0 aliphatic carbocycles. The quantitative estimate of drug-likeness (QED) is 0.443. The van der Waals surface area contributed by atoms with Crippen LogP contribution in [0.2, 0.25) is 0 Å². The van der Waals surface area contributed by atoms with Crippen molar-refractivity contribution in [2.75, 3.05) is 0 Å². The minimum absolute atomic E-state index is 0.162. The van der Waals surface area contributed by atoms with Gasteiger partial charge in [0.25, 0.3) is 0 Å². The van der Waals surface area contributed by atoms with Gasteiger partial charge in [-0.1, -0.05) is 24.8 Å². The largest absolute Gasteiger partial charge is 0.428 e. The number of carbonyl (C=O) groups excluding carboxylic acids is 1. The lowest BCUT2D eigenvalue weighted by molar-refractivity contribution is 0.0734. The third kappa shape index (κ3) is 4.47. The monoisotopic (exact) mass is 320 g/mol. The molecular weight excluding hydrogens is 309 g/mol. The maximum Gasteiger partial charge on any atom is 0.344 e. The van der Waals surface area contributed by atoms with Crippen molar-refractivity contribution < 1.29 is 27.4 Å². The fraction of sp³-hybridized carbons (Fsp3) is 0. The van der Waals surface area contributed by atoms with Crippen LogP contribution in [0.3, 0.4) is 0 Å². The summed E-state index contributed by atoms with van der Waals surface area (Å²) in [6, 6.07) is 9.61. The fourth-order valence-corrected chi connectivity index (χ4v) is 1.64. The molecule has 0 radical (unpaired) electrons. The molecule has 2 aromatic rings. The van der Waals surface area contributed by atoms with Gasteiger partial charge in [-0.05, 0) is 42.0 Å². The van der Waals surface area contributed by atoms with E-state index < -0.39 is 18.1 Å². The topological polar surface area (TPSA) is 35.5 Å². The van der Waals surface area contributed by atoms with E-state index in [1.54, 1.807) is 30.3 Å². The molecule has 0 aliphatic heterocycles. The summed E-state index contributed by atoms with van der Waals surface area (Å²) in [4.78, 5) is 11.9. The van der Waals surface area contributed by atoms with Gasteiger partial charge in [-0.25, -0.2) is 4.79 Å². The molecule has 0 heterocycles. The summed E-state index contributed by atoms with van der Waals surface area (Å²) in [5, 5.41) is 0. The zero-order valence-corrected chi connectivity index (χ0v) is 11.8. The smallest absolute Gasteiger partial charge is 0.344 e. The van der Waals surface area contributed by atoms with Crippen molar-refractivity contribution >= 4 is 12.0 Å². The Hall–Kier alpha value is -3.02. The maximum absolute atomic E-state index is 12.6. The Morgan fingerprint density at radius 2 is 1.39 bits per heavy atom. The molecule has 0 atom stereocenters. The van der Waals surface area contributed by atoms with Crippen LogP contribution in [0.15, 0.2) is 67.2 Å². The lowest BCUT2D eigenvalue weighted by Crippen LogP contribution is -2.08. The molecule has 6 heteroatoms. The summed E-state index contributed by atoms with van der Waals surface area (Å²) in [5.41, 5.74) is 1.04. The fourth-order valence-electron chi connectivity index (χ4n) is 1.64. The summed E-state index contributed by atoms with van der Waals surface area (Å²) in [7, 11) is 0. The normalized spacial score (nSPS) is 9.87. The summed E-state index contributed by atoms with van der Waals surface area (Å²) < 4.78 is 45.9. The molecule has 0 saturated heterocycles. The Balaban J connectivity index is 2.04. The van der Waals surface area contributed by atoms with Gasteiger partial charge in [0.15, 0.2) is 0 Å². The van der Waals surface area contributed by atoms with Crippen molar-refractivity contribution in [1.29, 1.82) is 0 Å². The molecule has 0 unspecified atom stereocenters. The molecule has 0 aromatic heterocycles. The van der Waals surface area contributed by atoms with Crippen LogP contribution in [0.4, 0.5) is 13.2 Å². The number of carbonyl (C=O) groups is 1. The first-order chi connectivity index (χ1) is 11.0. The molecular formula is C17H11F3O3. The van der Waals surface area contributed by atoms with Crippen molar-refractivity contribution in [2.45, 2.75) is 0 Å². The molecule has 0 fully saturated rings. The number of benzene rings is 2. The van der Waals surface area contributed by atoms with Gasteiger partial charge in [-0.2, -0.15) is 13.2 Å². The average molecular weight is 320 g/mol. The Bertz CT molecular complexity index is 731. The van der Waals surface area contributed by atoms with Crippen molar-refractivity contribution in [1.82, 2.24) is 0 Å². The second-order valence-electron chi connectivity index (χ2n) is 4.32. The van der Waals surface area contributed by atoms with Crippen LogP contribution < -0.4 is 9.47 Å². The van der Waals surface area contributed by atoms with E-state index in [2.05, 4.69) is 11.3 Å². The minimum atomic E-state index is -2.56. The first-order valence-electron chi connectivity index (χ1n) is 6.43. The predicted octanol–water partition coefficient (Wildman–Crippen LogP) is 4.96. The number of rotatable bonds is 5. The molecule has 0 bridgehead atoms. The second kappa shape index (κ2) is 7.31. The number of hydrogen-bond acceptors (Lipinski definition) is 3. The number of esters is 1. The maximum atomic E-state index is 12.6. The number of hydrogen-bond donors (Lipinski definition) is 0. The Labute approximate surface area is 130 Å². The van der Waals surface area contributed by atoms with Gasteiger partial charge in [0.05, 0.1) is 5.56 Å². The molecule has 0 aliphatic rings. The SMILES string of the molecule is C=Cc1ccc(OC(=O)c2ccc(OC(F)=C(F)F)cc2)cc1. The third-order valence-corrected chi connectivity index (χ3v) is 2.77. The van der Waals surface area contributed by atoms with Crippen LogP contribution in [-0.2, 0) is 0 Å². The van der Waals surface area contributed by atoms with Crippen LogP contribution in [-0.4, -0.2) is 5.97 Å². The molecule has 118 valence electrons. The Morgan fingerprint density at radius 3 is 1.91 bits per heavy atom. The summed E-state index contributed by atoms with van der Waals surface area (Å²) in [5.74, 6) is -0.466. The van der Waals surface area contributed by atoms with Crippen LogP contribution in [0, 0.1) is 0 Å². The highest BCUT2D eigenvalue weighted by Gasteiger charge is 2.11. The molecule has 3 nitrogen and oxygen atoms in total. The van der Waals surface area contributed by atoms with E-state index in [0.29, 0.717) is 5.75 Å². The van der Waals surface area contributed by atoms with Crippen molar-refractivity contribution in [3.63, 3.8) is 0 Å². The van der Waals surface area contributed by atoms with Gasteiger partial charge in [-0.3, -0.25) is 0 Å². The third-order valence-electron chi connectivity index (χ3n) is 2.77. The van der Waals surface area contributed by atoms with Gasteiger partial charge >= 0.3 is 18.1 Å². The molecule has 0 saturated carbocycles. The highest BCUT2D eigenvalue weighted by atomic mass is 19.3. The van der Waals surface area contributed by atoms with E-state index in [4.69, 9.17) is 4.74 Å². The molecule has 0 N–H and O–H groups in total. The Morgan fingerprint density at radius 1 is 0.870 bits per heavy atom. The average Bonchev–Trinajstić information content (AvgIpc) is 2.56.